The Balaban J connectivity index is 2.43. The molecule has 0 fully saturated rings. The van der Waals surface area contributed by atoms with Crippen LogP contribution in [-0.2, 0) is 10.2 Å². The van der Waals surface area contributed by atoms with Gasteiger partial charge in [0, 0.05) is 0 Å². The fourth-order valence-electron chi connectivity index (χ4n) is 0.821. The number of benzene rings is 1. The third kappa shape index (κ3) is 2.53. The Morgan fingerprint density at radius 1 is 1.20 bits per heavy atom. The molecule has 10 heavy (non-hydrogen) atoms. The van der Waals surface area contributed by atoms with Gasteiger partial charge in [-0.15, -0.1) is 0 Å². The van der Waals surface area contributed by atoms with Gasteiger partial charge in [0.2, 0.25) is 0 Å². The summed E-state index contributed by atoms with van der Waals surface area (Å²) in [5, 5.41) is 0. The standard InChI is InChI=1S/C8H9O.Al/c9-7-6-8-4-2-1-3-5-8;/h1-5H,6-7H2;/q-1;+3. The van der Waals surface area contributed by atoms with Crippen molar-refractivity contribution in [2.45, 2.75) is 6.42 Å². The first-order chi connectivity index (χ1) is 4.93. The fraction of sp³-hybridized carbons (Fsp3) is 0.250. The Hall–Kier alpha value is -0.288. The Morgan fingerprint density at radius 3 is 2.50 bits per heavy atom. The maximum atomic E-state index is 4.86. The summed E-state index contributed by atoms with van der Waals surface area (Å²) in [6, 6.07) is 10.3. The first-order valence-electron chi connectivity index (χ1n) is 3.29. The van der Waals surface area contributed by atoms with E-state index in [0.29, 0.717) is 0 Å². The van der Waals surface area contributed by atoms with Crippen molar-refractivity contribution in [2.24, 2.45) is 0 Å². The van der Waals surface area contributed by atoms with Gasteiger partial charge in [-0.2, -0.15) is 0 Å². The summed E-state index contributed by atoms with van der Waals surface area (Å²) in [5.74, 6) is 0. The normalized spacial score (nSPS) is 9.80. The molecule has 0 spiro atoms. The molecular formula is C8H9AlO+2. The molecule has 1 aromatic rings. The minimum absolute atomic E-state index is 0.773. The van der Waals surface area contributed by atoms with Crippen molar-refractivity contribution in [1.82, 2.24) is 0 Å². The van der Waals surface area contributed by atoms with Gasteiger partial charge in [-0.05, 0) is 0 Å². The second kappa shape index (κ2) is 4.52. The summed E-state index contributed by atoms with van der Waals surface area (Å²) < 4.78 is 4.86. The Bertz CT molecular complexity index is 174. The number of hydrogen-bond acceptors (Lipinski definition) is 1. The van der Waals surface area contributed by atoms with Crippen LogP contribution in [0.1, 0.15) is 5.56 Å². The van der Waals surface area contributed by atoms with E-state index in [1.165, 1.54) is 5.56 Å². The monoisotopic (exact) mass is 148 g/mol. The number of hydrogen-bond donors (Lipinski definition) is 0. The molecule has 0 amide bonds. The molecule has 0 saturated heterocycles. The average Bonchev–Trinajstić information content (AvgIpc) is 2.03. The second-order valence-corrected chi connectivity index (χ2v) is 2.44. The van der Waals surface area contributed by atoms with Crippen molar-refractivity contribution in [3.05, 3.63) is 35.9 Å². The summed E-state index contributed by atoms with van der Waals surface area (Å²) in [5.41, 5.74) is 1.32. The molecule has 1 rings (SSSR count). The third-order valence-corrected chi connectivity index (χ3v) is 1.59. The Kier molecular flexibility index (Phi) is 3.53. The fourth-order valence-corrected chi connectivity index (χ4v) is 0.939. The molecule has 1 nitrogen and oxygen atoms in total. The van der Waals surface area contributed by atoms with Gasteiger partial charge in [-0.3, -0.25) is 0 Å². The van der Waals surface area contributed by atoms with Crippen molar-refractivity contribution in [3.63, 3.8) is 0 Å². The van der Waals surface area contributed by atoms with Crippen LogP contribution >= 0.6 is 0 Å². The predicted octanol–water partition coefficient (Wildman–Crippen LogP) is 1.33. The van der Waals surface area contributed by atoms with Gasteiger partial charge in [0.05, 0.1) is 0 Å². The van der Waals surface area contributed by atoms with E-state index in [-0.39, 0.29) is 0 Å². The first kappa shape index (κ1) is 7.82. The van der Waals surface area contributed by atoms with E-state index >= 15 is 0 Å². The summed E-state index contributed by atoms with van der Waals surface area (Å²) >= 11 is 2.25. The molecule has 0 N–H and O–H groups in total. The van der Waals surface area contributed by atoms with E-state index < -0.39 is 0 Å². The Morgan fingerprint density at radius 2 is 1.90 bits per heavy atom. The zero-order valence-electron chi connectivity index (χ0n) is 5.79. The molecule has 48 valence electrons. The van der Waals surface area contributed by atoms with E-state index in [4.69, 9.17) is 3.79 Å². The molecule has 0 radical (unpaired) electrons. The van der Waals surface area contributed by atoms with Crippen LogP contribution in [0.4, 0.5) is 0 Å². The summed E-state index contributed by atoms with van der Waals surface area (Å²) in [7, 11) is 0. The van der Waals surface area contributed by atoms with Crippen molar-refractivity contribution in [2.75, 3.05) is 6.61 Å². The third-order valence-electron chi connectivity index (χ3n) is 1.35. The summed E-state index contributed by atoms with van der Waals surface area (Å²) in [6.45, 7) is 0.773. The molecule has 1 aromatic carbocycles. The van der Waals surface area contributed by atoms with Gasteiger partial charge < -0.3 is 0 Å². The van der Waals surface area contributed by atoms with Crippen LogP contribution in [0.3, 0.4) is 0 Å². The molecule has 0 aromatic heterocycles. The van der Waals surface area contributed by atoms with Crippen LogP contribution in [0.5, 0.6) is 0 Å². The van der Waals surface area contributed by atoms with E-state index in [9.17, 15) is 0 Å². The van der Waals surface area contributed by atoms with Crippen LogP contribution in [0.15, 0.2) is 30.3 Å². The van der Waals surface area contributed by atoms with Gasteiger partial charge in [-0.1, -0.05) is 0 Å². The molecule has 2 heteroatoms. The van der Waals surface area contributed by atoms with E-state index in [2.05, 4.69) is 28.8 Å². The van der Waals surface area contributed by atoms with E-state index in [1.54, 1.807) is 0 Å². The molecule has 0 aliphatic heterocycles. The molecule has 0 unspecified atom stereocenters. The molecule has 0 bridgehead atoms. The van der Waals surface area contributed by atoms with Crippen LogP contribution in [0.2, 0.25) is 0 Å². The quantitative estimate of drug-likeness (QED) is 0.587. The van der Waals surface area contributed by atoms with Crippen molar-refractivity contribution < 1.29 is 3.79 Å². The predicted molar refractivity (Wildman–Crippen MR) is 41.9 cm³/mol. The van der Waals surface area contributed by atoms with Crippen molar-refractivity contribution in [1.29, 1.82) is 0 Å². The van der Waals surface area contributed by atoms with Gasteiger partial charge in [0.25, 0.3) is 0 Å². The first-order valence-corrected chi connectivity index (χ1v) is 3.76. The molecular weight excluding hydrogens is 139 g/mol. The second-order valence-electron chi connectivity index (χ2n) is 2.11. The minimum atomic E-state index is 0.773. The van der Waals surface area contributed by atoms with Crippen LogP contribution in [-0.4, -0.2) is 23.2 Å². The van der Waals surface area contributed by atoms with Gasteiger partial charge in [0.1, 0.15) is 0 Å². The maximum absolute atomic E-state index is 4.86. The van der Waals surface area contributed by atoms with Gasteiger partial charge >= 0.3 is 69.3 Å². The summed E-state index contributed by atoms with van der Waals surface area (Å²) in [6.07, 6.45) is 0.990. The van der Waals surface area contributed by atoms with Crippen LogP contribution in [0.25, 0.3) is 0 Å². The van der Waals surface area contributed by atoms with Crippen molar-refractivity contribution in [3.8, 4) is 0 Å². The Labute approximate surface area is 69.8 Å². The van der Waals surface area contributed by atoms with E-state index in [0.717, 1.165) is 13.0 Å². The van der Waals surface area contributed by atoms with Crippen LogP contribution in [0, 0.1) is 0 Å². The molecule has 0 aliphatic carbocycles. The molecule has 0 aliphatic rings. The van der Waals surface area contributed by atoms with Gasteiger partial charge in [-0.25, -0.2) is 0 Å². The zero-order valence-corrected chi connectivity index (χ0v) is 6.94. The SMILES string of the molecule is [Al+2][O]CCc1ccccc1. The average molecular weight is 148 g/mol. The molecule has 0 heterocycles. The zero-order chi connectivity index (χ0) is 7.23. The number of rotatable bonds is 3. The van der Waals surface area contributed by atoms with Crippen LogP contribution < -0.4 is 0 Å². The van der Waals surface area contributed by atoms with Gasteiger partial charge in [0.15, 0.2) is 0 Å². The van der Waals surface area contributed by atoms with E-state index in [1.807, 2.05) is 18.2 Å². The topological polar surface area (TPSA) is 9.23 Å². The molecule has 0 saturated carbocycles. The summed E-state index contributed by atoms with van der Waals surface area (Å²) in [4.78, 5) is 0. The van der Waals surface area contributed by atoms with Crippen molar-refractivity contribution >= 4 is 16.6 Å². The molecule has 0 atom stereocenters.